The van der Waals surface area contributed by atoms with Crippen LogP contribution in [0.25, 0.3) is 0 Å². The molecule has 1 aliphatic rings. The second-order valence-corrected chi connectivity index (χ2v) is 6.73. The SMILES string of the molecule is COc1ccc(OC)c(NC(=O)CCN(CCC2=CCCCC2)C(C)=O)c1. The summed E-state index contributed by atoms with van der Waals surface area (Å²) in [5, 5.41) is 2.84. The lowest BCUT2D eigenvalue weighted by Crippen LogP contribution is -2.33. The normalized spacial score (nSPS) is 13.5. The molecule has 1 N–H and O–H groups in total. The molecule has 0 heterocycles. The minimum absolute atomic E-state index is 0.00169. The molecular weight excluding hydrogens is 344 g/mol. The number of anilines is 1. The van der Waals surface area contributed by atoms with Crippen LogP contribution in [0, 0.1) is 0 Å². The van der Waals surface area contributed by atoms with E-state index in [1.807, 2.05) is 0 Å². The van der Waals surface area contributed by atoms with Crippen molar-refractivity contribution in [2.45, 2.75) is 45.4 Å². The van der Waals surface area contributed by atoms with Crippen molar-refractivity contribution in [3.8, 4) is 11.5 Å². The second-order valence-electron chi connectivity index (χ2n) is 6.73. The van der Waals surface area contributed by atoms with Crippen LogP contribution in [0.15, 0.2) is 29.8 Å². The lowest BCUT2D eigenvalue weighted by atomic mass is 9.97. The maximum Gasteiger partial charge on any atom is 0.226 e. The largest absolute Gasteiger partial charge is 0.497 e. The number of nitrogens with one attached hydrogen (secondary N) is 1. The number of hydrogen-bond donors (Lipinski definition) is 1. The standard InChI is InChI=1S/C21H30N2O4/c1-16(24)23(13-11-17-7-5-4-6-8-17)14-12-21(25)22-19-15-18(26-2)9-10-20(19)27-3/h7,9-10,15H,4-6,8,11-14H2,1-3H3,(H,22,25). The molecular formula is C21H30N2O4. The van der Waals surface area contributed by atoms with Crippen LogP contribution in [0.3, 0.4) is 0 Å². The van der Waals surface area contributed by atoms with Gasteiger partial charge in [-0.1, -0.05) is 11.6 Å². The maximum absolute atomic E-state index is 12.4. The number of amides is 2. The summed E-state index contributed by atoms with van der Waals surface area (Å²) in [5.41, 5.74) is 1.99. The fourth-order valence-corrected chi connectivity index (χ4v) is 3.20. The van der Waals surface area contributed by atoms with Gasteiger partial charge in [0.05, 0.1) is 19.9 Å². The number of benzene rings is 1. The molecule has 1 aromatic rings. The van der Waals surface area contributed by atoms with Gasteiger partial charge in [0.2, 0.25) is 11.8 Å². The lowest BCUT2D eigenvalue weighted by Gasteiger charge is -2.22. The summed E-state index contributed by atoms with van der Waals surface area (Å²) in [4.78, 5) is 26.0. The Morgan fingerprint density at radius 2 is 1.96 bits per heavy atom. The van der Waals surface area contributed by atoms with Crippen LogP contribution in [0.4, 0.5) is 5.69 Å². The fraction of sp³-hybridized carbons (Fsp3) is 0.524. The first-order chi connectivity index (χ1) is 13.0. The number of ether oxygens (including phenoxy) is 2. The van der Waals surface area contributed by atoms with Crippen molar-refractivity contribution in [2.24, 2.45) is 0 Å². The average Bonchev–Trinajstić information content (AvgIpc) is 2.68. The Bertz CT molecular complexity index is 685. The molecule has 1 aliphatic carbocycles. The van der Waals surface area contributed by atoms with Gasteiger partial charge in [-0.25, -0.2) is 0 Å². The lowest BCUT2D eigenvalue weighted by molar-refractivity contribution is -0.129. The fourth-order valence-electron chi connectivity index (χ4n) is 3.20. The number of carbonyl (C=O) groups excluding carboxylic acids is 2. The Kier molecular flexibility index (Phi) is 8.17. The number of allylic oxidation sites excluding steroid dienone is 1. The third-order valence-electron chi connectivity index (χ3n) is 4.82. The Morgan fingerprint density at radius 3 is 2.59 bits per heavy atom. The minimum Gasteiger partial charge on any atom is -0.497 e. The molecule has 0 fully saturated rings. The first-order valence-corrected chi connectivity index (χ1v) is 9.48. The van der Waals surface area contributed by atoms with Crippen LogP contribution in [0.5, 0.6) is 11.5 Å². The summed E-state index contributed by atoms with van der Waals surface area (Å²) in [6, 6.07) is 5.23. The van der Waals surface area contributed by atoms with Gasteiger partial charge >= 0.3 is 0 Å². The van der Waals surface area contributed by atoms with Crippen molar-refractivity contribution in [1.29, 1.82) is 0 Å². The quantitative estimate of drug-likeness (QED) is 0.668. The molecule has 0 saturated carbocycles. The number of rotatable bonds is 9. The van der Waals surface area contributed by atoms with Crippen molar-refractivity contribution < 1.29 is 19.1 Å². The smallest absolute Gasteiger partial charge is 0.226 e. The van der Waals surface area contributed by atoms with Crippen molar-refractivity contribution in [3.05, 3.63) is 29.8 Å². The maximum atomic E-state index is 12.4. The zero-order valence-corrected chi connectivity index (χ0v) is 16.5. The van der Waals surface area contributed by atoms with Crippen LogP contribution in [-0.2, 0) is 9.59 Å². The van der Waals surface area contributed by atoms with E-state index in [2.05, 4.69) is 11.4 Å². The number of carbonyl (C=O) groups is 2. The van der Waals surface area contributed by atoms with Gasteiger partial charge in [-0.05, 0) is 44.2 Å². The summed E-state index contributed by atoms with van der Waals surface area (Å²) in [6.45, 7) is 2.62. The van der Waals surface area contributed by atoms with Crippen molar-refractivity contribution >= 4 is 17.5 Å². The van der Waals surface area contributed by atoms with Gasteiger partial charge in [0.15, 0.2) is 0 Å². The molecule has 0 spiro atoms. The average molecular weight is 374 g/mol. The number of nitrogens with zero attached hydrogens (tertiary/aromatic N) is 1. The van der Waals surface area contributed by atoms with Gasteiger partial charge in [0.1, 0.15) is 11.5 Å². The molecule has 0 aliphatic heterocycles. The van der Waals surface area contributed by atoms with Crippen LogP contribution in [-0.4, -0.2) is 44.0 Å². The first kappa shape index (κ1) is 20.8. The highest BCUT2D eigenvalue weighted by molar-refractivity contribution is 5.92. The highest BCUT2D eigenvalue weighted by Crippen LogP contribution is 2.29. The number of hydrogen-bond acceptors (Lipinski definition) is 4. The number of methoxy groups -OCH3 is 2. The topological polar surface area (TPSA) is 67.9 Å². The van der Waals surface area contributed by atoms with Gasteiger partial charge in [0.25, 0.3) is 0 Å². The van der Waals surface area contributed by atoms with Gasteiger partial charge in [0, 0.05) is 32.5 Å². The molecule has 2 amide bonds. The molecule has 6 heteroatoms. The third-order valence-corrected chi connectivity index (χ3v) is 4.82. The second kappa shape index (κ2) is 10.6. The van der Waals surface area contributed by atoms with Gasteiger partial charge < -0.3 is 19.7 Å². The Morgan fingerprint density at radius 1 is 1.15 bits per heavy atom. The molecule has 0 atom stereocenters. The van der Waals surface area contributed by atoms with E-state index >= 15 is 0 Å². The van der Waals surface area contributed by atoms with E-state index in [1.165, 1.54) is 18.4 Å². The molecule has 0 unspecified atom stereocenters. The molecule has 148 valence electrons. The highest BCUT2D eigenvalue weighted by atomic mass is 16.5. The molecule has 0 radical (unpaired) electrons. The summed E-state index contributed by atoms with van der Waals surface area (Å²) in [6.07, 6.45) is 8.18. The third kappa shape index (κ3) is 6.62. The summed E-state index contributed by atoms with van der Waals surface area (Å²) in [7, 11) is 3.12. The van der Waals surface area contributed by atoms with Crippen LogP contribution < -0.4 is 14.8 Å². The highest BCUT2D eigenvalue weighted by Gasteiger charge is 2.14. The minimum atomic E-state index is -0.162. The molecule has 0 bridgehead atoms. The van der Waals surface area contributed by atoms with E-state index in [1.54, 1.807) is 44.2 Å². The zero-order chi connectivity index (χ0) is 19.6. The van der Waals surface area contributed by atoms with Gasteiger partial charge in [-0.3, -0.25) is 9.59 Å². The summed E-state index contributed by atoms with van der Waals surface area (Å²) < 4.78 is 10.5. The van der Waals surface area contributed by atoms with E-state index in [4.69, 9.17) is 9.47 Å². The van der Waals surface area contributed by atoms with Crippen LogP contribution in [0.1, 0.15) is 45.4 Å². The monoisotopic (exact) mass is 374 g/mol. The van der Waals surface area contributed by atoms with E-state index in [-0.39, 0.29) is 18.2 Å². The predicted octanol–water partition coefficient (Wildman–Crippen LogP) is 3.77. The van der Waals surface area contributed by atoms with Crippen LogP contribution >= 0.6 is 0 Å². The Labute approximate surface area is 161 Å². The summed E-state index contributed by atoms with van der Waals surface area (Å²) >= 11 is 0. The van der Waals surface area contributed by atoms with Gasteiger partial charge in [-0.15, -0.1) is 0 Å². The van der Waals surface area contributed by atoms with E-state index in [0.29, 0.717) is 30.3 Å². The van der Waals surface area contributed by atoms with E-state index in [9.17, 15) is 9.59 Å². The Balaban J connectivity index is 1.88. The van der Waals surface area contributed by atoms with E-state index in [0.717, 1.165) is 19.3 Å². The molecule has 0 aromatic heterocycles. The van der Waals surface area contributed by atoms with Crippen molar-refractivity contribution in [2.75, 3.05) is 32.6 Å². The van der Waals surface area contributed by atoms with Crippen molar-refractivity contribution in [3.63, 3.8) is 0 Å². The van der Waals surface area contributed by atoms with Gasteiger partial charge in [-0.2, -0.15) is 0 Å². The molecule has 6 nitrogen and oxygen atoms in total. The zero-order valence-electron chi connectivity index (χ0n) is 16.5. The first-order valence-electron chi connectivity index (χ1n) is 9.48. The van der Waals surface area contributed by atoms with E-state index < -0.39 is 0 Å². The van der Waals surface area contributed by atoms with Crippen molar-refractivity contribution in [1.82, 2.24) is 4.90 Å². The summed E-state index contributed by atoms with van der Waals surface area (Å²) in [5.74, 6) is 1.04. The molecule has 27 heavy (non-hydrogen) atoms. The molecule has 1 aromatic carbocycles. The predicted molar refractivity (Wildman–Crippen MR) is 106 cm³/mol. The molecule has 0 saturated heterocycles. The van der Waals surface area contributed by atoms with Crippen LogP contribution in [0.2, 0.25) is 0 Å². The Hall–Kier alpha value is -2.50. The molecule has 2 rings (SSSR count).